The highest BCUT2D eigenvalue weighted by atomic mass is 35.5. The first-order valence-electron chi connectivity index (χ1n) is 8.87. The van der Waals surface area contributed by atoms with Crippen LogP contribution in [0.3, 0.4) is 0 Å². The number of likely N-dealkylation sites (tertiary alicyclic amines) is 1. The van der Waals surface area contributed by atoms with Crippen LogP contribution in [0.5, 0.6) is 0 Å². The minimum atomic E-state index is 0. The number of rotatable bonds is 4. The van der Waals surface area contributed by atoms with Crippen LogP contribution in [-0.4, -0.2) is 39.7 Å². The lowest BCUT2D eigenvalue weighted by molar-refractivity contribution is 0.0744. The van der Waals surface area contributed by atoms with Crippen LogP contribution in [0, 0.1) is 5.92 Å². The Morgan fingerprint density at radius 2 is 2.04 bits per heavy atom. The summed E-state index contributed by atoms with van der Waals surface area (Å²) < 4.78 is 1.80. The molecular weight excluding hydrogens is 380 g/mol. The summed E-state index contributed by atoms with van der Waals surface area (Å²) in [6.45, 7) is 3.44. The van der Waals surface area contributed by atoms with Crippen molar-refractivity contribution in [1.29, 1.82) is 0 Å². The van der Waals surface area contributed by atoms with Crippen LogP contribution in [0.2, 0.25) is 0 Å². The number of carbonyl (C=O) groups is 1. The highest BCUT2D eigenvalue weighted by molar-refractivity contribution is 7.13. The number of nitrogens with two attached hydrogens (primary N) is 1. The molecule has 1 saturated heterocycles. The highest BCUT2D eigenvalue weighted by Crippen LogP contribution is 2.31. The Kier molecular flexibility index (Phi) is 5.99. The van der Waals surface area contributed by atoms with Gasteiger partial charge in [0, 0.05) is 18.8 Å². The highest BCUT2D eigenvalue weighted by Gasteiger charge is 2.34. The normalized spacial score (nSPS) is 19.1. The van der Waals surface area contributed by atoms with Crippen LogP contribution in [0.15, 0.2) is 54.0 Å². The number of amides is 1. The molecule has 1 amide bonds. The Bertz CT molecular complexity index is 894. The largest absolute Gasteiger partial charge is 0.335 e. The molecule has 3 heterocycles. The van der Waals surface area contributed by atoms with Gasteiger partial charge >= 0.3 is 0 Å². The smallest absolute Gasteiger partial charge is 0.257 e. The van der Waals surface area contributed by atoms with E-state index in [9.17, 15) is 4.79 Å². The van der Waals surface area contributed by atoms with E-state index < -0.39 is 0 Å². The molecule has 2 N–H and O–H groups in total. The molecule has 0 bridgehead atoms. The van der Waals surface area contributed by atoms with Crippen molar-refractivity contribution in [2.45, 2.75) is 19.4 Å². The lowest BCUT2D eigenvalue weighted by atomic mass is 10.1. The van der Waals surface area contributed by atoms with E-state index in [1.807, 2.05) is 58.9 Å². The molecule has 142 valence electrons. The number of hydrogen-bond acceptors (Lipinski definition) is 4. The summed E-state index contributed by atoms with van der Waals surface area (Å²) in [4.78, 5) is 16.3. The summed E-state index contributed by atoms with van der Waals surface area (Å²) in [6.07, 6.45) is 2.82. The number of carbonyl (C=O) groups excluding carboxylic acids is 1. The second-order valence-electron chi connectivity index (χ2n) is 6.79. The average Bonchev–Trinajstić information content (AvgIpc) is 3.40. The van der Waals surface area contributed by atoms with Crippen LogP contribution in [0.1, 0.15) is 23.7 Å². The molecule has 2 aromatic heterocycles. The number of nitrogens with zero attached hydrogens (tertiary/aromatic N) is 3. The van der Waals surface area contributed by atoms with Crippen LogP contribution >= 0.6 is 23.7 Å². The molecule has 1 fully saturated rings. The minimum absolute atomic E-state index is 0. The molecule has 1 aliphatic heterocycles. The summed E-state index contributed by atoms with van der Waals surface area (Å²) in [5.74, 6) is 0.419. The molecule has 1 aliphatic rings. The van der Waals surface area contributed by atoms with E-state index in [4.69, 9.17) is 10.8 Å². The molecule has 7 heteroatoms. The van der Waals surface area contributed by atoms with Gasteiger partial charge in [0.05, 0.1) is 16.1 Å². The van der Waals surface area contributed by atoms with Crippen LogP contribution in [0.4, 0.5) is 0 Å². The number of halogens is 1. The second kappa shape index (κ2) is 8.25. The summed E-state index contributed by atoms with van der Waals surface area (Å²) >= 11 is 1.60. The average molecular weight is 403 g/mol. The van der Waals surface area contributed by atoms with E-state index in [0.717, 1.165) is 29.2 Å². The maximum absolute atomic E-state index is 13.3. The topological polar surface area (TPSA) is 64.2 Å². The summed E-state index contributed by atoms with van der Waals surface area (Å²) in [7, 11) is 0. The number of benzene rings is 1. The number of para-hydroxylation sites is 1. The van der Waals surface area contributed by atoms with Gasteiger partial charge in [-0.25, -0.2) is 4.68 Å². The van der Waals surface area contributed by atoms with Crippen LogP contribution in [-0.2, 0) is 0 Å². The standard InChI is InChI=1S/C20H22N4OS.ClH/c1-14-10-15(11-21)12-23(14)20(25)17-13-24(16-6-3-2-4-7-16)22-19(17)18-8-5-9-26-18;/h2-9,13-15H,10-12,21H2,1H3;1H. The first-order chi connectivity index (χ1) is 12.7. The third-order valence-electron chi connectivity index (χ3n) is 4.98. The third kappa shape index (κ3) is 3.78. The van der Waals surface area contributed by atoms with Crippen molar-refractivity contribution in [3.8, 4) is 16.3 Å². The van der Waals surface area contributed by atoms with Gasteiger partial charge in [-0.3, -0.25) is 4.79 Å². The maximum atomic E-state index is 13.3. The predicted molar refractivity (Wildman–Crippen MR) is 112 cm³/mol. The van der Waals surface area contributed by atoms with Gasteiger partial charge in [-0.1, -0.05) is 24.3 Å². The fraction of sp³-hybridized carbons (Fsp3) is 0.300. The Morgan fingerprint density at radius 3 is 2.67 bits per heavy atom. The maximum Gasteiger partial charge on any atom is 0.257 e. The van der Waals surface area contributed by atoms with E-state index in [1.54, 1.807) is 16.0 Å². The van der Waals surface area contributed by atoms with Crippen LogP contribution in [0.25, 0.3) is 16.3 Å². The fourth-order valence-electron chi connectivity index (χ4n) is 3.59. The SMILES string of the molecule is CC1CC(CN)CN1C(=O)c1cn(-c2ccccc2)nc1-c1cccs1.Cl. The van der Waals surface area contributed by atoms with Crippen molar-refractivity contribution in [3.05, 3.63) is 59.6 Å². The van der Waals surface area contributed by atoms with Crippen molar-refractivity contribution in [2.24, 2.45) is 11.7 Å². The molecule has 1 aromatic carbocycles. The zero-order valence-electron chi connectivity index (χ0n) is 15.1. The van der Waals surface area contributed by atoms with E-state index >= 15 is 0 Å². The fourth-order valence-corrected chi connectivity index (χ4v) is 4.31. The monoisotopic (exact) mass is 402 g/mol. The third-order valence-corrected chi connectivity index (χ3v) is 5.85. The Morgan fingerprint density at radius 1 is 1.26 bits per heavy atom. The van der Waals surface area contributed by atoms with Gasteiger partial charge in [0.15, 0.2) is 0 Å². The van der Waals surface area contributed by atoms with E-state index in [-0.39, 0.29) is 24.4 Å². The van der Waals surface area contributed by atoms with Crippen LogP contribution < -0.4 is 5.73 Å². The molecule has 0 radical (unpaired) electrons. The van der Waals surface area contributed by atoms with E-state index in [0.29, 0.717) is 18.0 Å². The van der Waals surface area contributed by atoms with Gasteiger partial charge in [0.2, 0.25) is 0 Å². The Hall–Kier alpha value is -2.15. The van der Waals surface area contributed by atoms with Crippen molar-refractivity contribution in [1.82, 2.24) is 14.7 Å². The van der Waals surface area contributed by atoms with Crippen molar-refractivity contribution >= 4 is 29.7 Å². The first kappa shape index (κ1) is 19.6. The van der Waals surface area contributed by atoms with E-state index in [2.05, 4.69) is 6.92 Å². The zero-order chi connectivity index (χ0) is 18.1. The summed E-state index contributed by atoms with van der Waals surface area (Å²) in [5, 5.41) is 6.74. The lowest BCUT2D eigenvalue weighted by Crippen LogP contribution is -2.34. The number of hydrogen-bond donors (Lipinski definition) is 1. The molecule has 2 unspecified atom stereocenters. The first-order valence-corrected chi connectivity index (χ1v) is 9.75. The quantitative estimate of drug-likeness (QED) is 0.721. The Balaban J connectivity index is 0.00000210. The second-order valence-corrected chi connectivity index (χ2v) is 7.74. The van der Waals surface area contributed by atoms with Crippen molar-refractivity contribution in [2.75, 3.05) is 13.1 Å². The van der Waals surface area contributed by atoms with Crippen molar-refractivity contribution in [3.63, 3.8) is 0 Å². The lowest BCUT2D eigenvalue weighted by Gasteiger charge is -2.21. The van der Waals surface area contributed by atoms with Gasteiger partial charge in [-0.05, 0) is 49.4 Å². The number of thiophene rings is 1. The van der Waals surface area contributed by atoms with Gasteiger partial charge in [0.1, 0.15) is 5.69 Å². The summed E-state index contributed by atoms with van der Waals surface area (Å²) in [6, 6.07) is 14.1. The minimum Gasteiger partial charge on any atom is -0.335 e. The molecular formula is C20H23ClN4OS. The molecule has 27 heavy (non-hydrogen) atoms. The molecule has 0 saturated carbocycles. The molecule has 0 spiro atoms. The molecule has 3 aromatic rings. The summed E-state index contributed by atoms with van der Waals surface area (Å²) in [5.41, 5.74) is 8.18. The molecule has 4 rings (SSSR count). The van der Waals surface area contributed by atoms with Crippen molar-refractivity contribution < 1.29 is 4.79 Å². The molecule has 0 aliphatic carbocycles. The van der Waals surface area contributed by atoms with Gasteiger partial charge in [0.25, 0.3) is 5.91 Å². The number of aromatic nitrogens is 2. The zero-order valence-corrected chi connectivity index (χ0v) is 16.7. The Labute approximate surface area is 169 Å². The van der Waals surface area contributed by atoms with Gasteiger partial charge in [-0.2, -0.15) is 5.10 Å². The van der Waals surface area contributed by atoms with Gasteiger partial charge < -0.3 is 10.6 Å². The van der Waals surface area contributed by atoms with Gasteiger partial charge in [-0.15, -0.1) is 23.7 Å². The molecule has 5 nitrogen and oxygen atoms in total. The molecule has 2 atom stereocenters. The van der Waals surface area contributed by atoms with E-state index in [1.165, 1.54) is 0 Å². The predicted octanol–water partition coefficient (Wildman–Crippen LogP) is 3.83.